The summed E-state index contributed by atoms with van der Waals surface area (Å²) in [7, 11) is 0. The third-order valence-electron chi connectivity index (χ3n) is 26.0. The van der Waals surface area contributed by atoms with Gasteiger partial charge in [0, 0.05) is 86.1 Å². The van der Waals surface area contributed by atoms with E-state index in [1.807, 2.05) is 172 Å². The van der Waals surface area contributed by atoms with E-state index in [-0.39, 0.29) is 86.0 Å². The van der Waals surface area contributed by atoms with Crippen LogP contribution in [0.5, 0.6) is 0 Å². The topological polar surface area (TPSA) is 273 Å². The van der Waals surface area contributed by atoms with Gasteiger partial charge in [-0.1, -0.05) is 192 Å². The number of allylic oxidation sites excluding steroid dienone is 12. The number of hydrogen-bond acceptors (Lipinski definition) is 20. The summed E-state index contributed by atoms with van der Waals surface area (Å²) in [4.78, 5) is 133. The number of piperidine rings is 4. The fraction of sp³-hybridized carbons (Fsp3) is 0.536. The molecular weight excluding hydrogens is 1780 g/mol. The summed E-state index contributed by atoms with van der Waals surface area (Å²) in [6.45, 7) is 28.1. The molecule has 4 saturated heterocycles. The zero-order valence-electron chi connectivity index (χ0n) is 84.0. The molecule has 0 aliphatic carbocycles. The molecule has 4 aromatic carbocycles. The van der Waals surface area contributed by atoms with E-state index in [2.05, 4.69) is 84.8 Å². The van der Waals surface area contributed by atoms with E-state index in [4.69, 9.17) is 61.5 Å². The molecule has 8 heterocycles. The summed E-state index contributed by atoms with van der Waals surface area (Å²) in [5, 5.41) is 18.3. The number of esters is 4. The number of nitrogens with zero attached hydrogens (tertiary/aromatic N) is 8. The first-order chi connectivity index (χ1) is 66.8. The highest BCUT2D eigenvalue weighted by Gasteiger charge is 2.32. The number of benzene rings is 4. The van der Waals surface area contributed by atoms with Crippen molar-refractivity contribution in [2.24, 2.45) is 20.6 Å². The van der Waals surface area contributed by atoms with E-state index in [1.165, 1.54) is 12.8 Å². The van der Waals surface area contributed by atoms with Crippen LogP contribution in [0.1, 0.15) is 316 Å². The summed E-state index contributed by atoms with van der Waals surface area (Å²) in [6.07, 6.45) is 60.4. The van der Waals surface area contributed by atoms with E-state index in [0.717, 1.165) is 223 Å². The normalized spacial score (nSPS) is 22.8. The van der Waals surface area contributed by atoms with Gasteiger partial charge >= 0.3 is 23.9 Å². The lowest BCUT2D eigenvalue weighted by Gasteiger charge is -2.34. The largest absolute Gasteiger partial charge is 0.462 e. The van der Waals surface area contributed by atoms with E-state index < -0.39 is 0 Å². The molecule has 4 atom stereocenters. The van der Waals surface area contributed by atoms with Crippen LogP contribution in [-0.4, -0.2) is 193 Å². The summed E-state index contributed by atoms with van der Waals surface area (Å²) < 4.78 is 22.2. The number of aryl methyl sites for hydroxylation is 8. The molecule has 748 valence electrons. The Kier molecular flexibility index (Phi) is 48.2. The molecule has 0 bridgehead atoms. The Morgan fingerprint density at radius 2 is 0.551 bits per heavy atom. The lowest BCUT2D eigenvalue weighted by molar-refractivity contribution is -0.140. The van der Waals surface area contributed by atoms with Gasteiger partial charge in [-0.2, -0.15) is 0 Å². The van der Waals surface area contributed by atoms with Crippen molar-refractivity contribution in [1.29, 1.82) is 0 Å². The van der Waals surface area contributed by atoms with Crippen molar-refractivity contribution in [3.8, 4) is 0 Å². The number of carbonyl (C=O) groups is 8. The van der Waals surface area contributed by atoms with E-state index >= 15 is 0 Å². The van der Waals surface area contributed by atoms with E-state index in [9.17, 15) is 38.4 Å². The Bertz CT molecular complexity index is 4840. The SMILES string of the molecule is CCC1CCCCN1C(=O)CO/N=C1/C=C/CC/C=C/CCOC(=O)c2c(C)cc(C)c(Cl)c2C1.CCC1CCCCN1C(=O)CO/N=C1/C=C/CC/C=C/CCOC(=O)c2c(C)cc(C)cc2C1.CCC1CCCCN1C(=O)CO/N=C1\C=C\CC/C=C/CCOC(=O)c2c(C)cc(C)c(Cl)c2C1.CCC1CCCCN1C(=O)CO/N=C1\C=C\CC/C=C/CCOC(=O)c2c(C)cc(C)cc2C1. The van der Waals surface area contributed by atoms with Gasteiger partial charge in [0.2, 0.25) is 0 Å². The van der Waals surface area contributed by atoms with Crippen molar-refractivity contribution >= 4 is 93.6 Å². The molecule has 138 heavy (non-hydrogen) atoms. The number of carbonyl (C=O) groups excluding carboxylic acids is 8. The maximum absolute atomic E-state index is 13.0. The molecule has 0 saturated carbocycles. The molecule has 12 rings (SSSR count). The van der Waals surface area contributed by atoms with Gasteiger partial charge in [-0.3, -0.25) is 19.2 Å². The highest BCUT2D eigenvalue weighted by atomic mass is 35.5. The standard InChI is InChI=1S/2C28H37ClN2O4.2C28H38N2O4/c2*1-4-23-14-10-11-15-31(23)25(32)19-35-30-22-13-9-7-5-6-8-12-16-34-28(33)26-20(2)17-21(3)27(29)24(26)18-22;2*1-4-25-14-10-11-15-30(25)26(31)20-34-29-24-13-9-7-5-6-8-12-16-33-28(32)27-22(3)17-21(2)18-23(27)19-24/h2*6,8-9,13,17,23H,4-5,7,10-12,14-16,18-19H2,1-3H3;2*6,8-9,13,17-18,25H,4-5,7,10-12,14-16,19-20H2,1-3H3/b8-6+,13-9+,30-22+;8-6+,13-9+,30-22-;8-6+,13-9+,29-24+;8-6+,13-9+,29-24-. The van der Waals surface area contributed by atoms with Crippen molar-refractivity contribution < 1.29 is 76.7 Å². The van der Waals surface area contributed by atoms with Crippen molar-refractivity contribution in [2.45, 2.75) is 313 Å². The van der Waals surface area contributed by atoms with Crippen LogP contribution in [0.15, 0.2) is 154 Å². The van der Waals surface area contributed by atoms with Gasteiger partial charge in [-0.25, -0.2) is 19.2 Å². The number of ether oxygens (including phenoxy) is 4. The zero-order valence-corrected chi connectivity index (χ0v) is 85.5. The molecule has 24 nitrogen and oxygen atoms in total. The van der Waals surface area contributed by atoms with Crippen molar-refractivity contribution in [2.75, 3.05) is 79.0 Å². The predicted octanol–water partition coefficient (Wildman–Crippen LogP) is 23.2. The van der Waals surface area contributed by atoms with Crippen LogP contribution in [0.25, 0.3) is 0 Å². The molecule has 8 aliphatic heterocycles. The van der Waals surface area contributed by atoms with Gasteiger partial charge in [0.25, 0.3) is 23.6 Å². The average Bonchev–Trinajstić information content (AvgIpc) is 0.790. The Morgan fingerprint density at radius 1 is 0.312 bits per heavy atom. The molecule has 0 radical (unpaired) electrons. The molecule has 26 heteroatoms. The molecule has 4 fully saturated rings. The summed E-state index contributed by atoms with van der Waals surface area (Å²) >= 11 is 13.4. The lowest BCUT2D eigenvalue weighted by atomic mass is 9.94. The van der Waals surface area contributed by atoms with E-state index in [1.54, 1.807) is 0 Å². The number of hydrogen-bond donors (Lipinski definition) is 0. The highest BCUT2D eigenvalue weighted by molar-refractivity contribution is 6.33. The van der Waals surface area contributed by atoms with Crippen LogP contribution in [0.3, 0.4) is 0 Å². The van der Waals surface area contributed by atoms with Gasteiger partial charge in [0.15, 0.2) is 26.4 Å². The zero-order chi connectivity index (χ0) is 99.1. The number of fused-ring (bicyclic) bond motifs is 4. The van der Waals surface area contributed by atoms with Crippen molar-refractivity contribution in [3.63, 3.8) is 0 Å². The monoisotopic (exact) mass is 1930 g/mol. The molecule has 4 amide bonds. The lowest BCUT2D eigenvalue weighted by Crippen LogP contribution is -2.44. The van der Waals surface area contributed by atoms with Crippen LogP contribution < -0.4 is 0 Å². The highest BCUT2D eigenvalue weighted by Crippen LogP contribution is 2.34. The van der Waals surface area contributed by atoms with Crippen LogP contribution in [0.2, 0.25) is 10.0 Å². The predicted molar refractivity (Wildman–Crippen MR) is 550 cm³/mol. The molecule has 0 N–H and O–H groups in total. The second-order valence-electron chi connectivity index (χ2n) is 36.8. The molecule has 4 unspecified atom stereocenters. The van der Waals surface area contributed by atoms with Gasteiger partial charge in [-0.05, 0) is 315 Å². The van der Waals surface area contributed by atoms with Crippen LogP contribution in [-0.2, 0) is 83.2 Å². The smallest absolute Gasteiger partial charge is 0.338 e. The van der Waals surface area contributed by atoms with Gasteiger partial charge in [0.1, 0.15) is 0 Å². The van der Waals surface area contributed by atoms with Crippen molar-refractivity contribution in [1.82, 2.24) is 19.6 Å². The van der Waals surface area contributed by atoms with Crippen LogP contribution in [0, 0.1) is 55.4 Å². The first kappa shape index (κ1) is 111. The minimum atomic E-state index is -0.389. The summed E-state index contributed by atoms with van der Waals surface area (Å²) in [6, 6.07) is 12.9. The molecule has 4 aromatic rings. The number of halogens is 2. The minimum Gasteiger partial charge on any atom is -0.462 e. The minimum absolute atomic E-state index is 0.0124. The summed E-state index contributed by atoms with van der Waals surface area (Å²) in [5.74, 6) is -1.50. The molecule has 0 spiro atoms. The van der Waals surface area contributed by atoms with Crippen molar-refractivity contribution in [3.05, 3.63) is 233 Å². The number of oxime groups is 4. The van der Waals surface area contributed by atoms with Gasteiger partial charge in [-0.15, -0.1) is 0 Å². The number of amides is 4. The average molecular weight is 1940 g/mol. The Balaban J connectivity index is 0.000000206. The van der Waals surface area contributed by atoms with Gasteiger partial charge < -0.3 is 57.9 Å². The molecular formula is C112H150Cl2N8O16. The number of cyclic esters (lactones) is 4. The maximum atomic E-state index is 13.0. The first-order valence-corrected chi connectivity index (χ1v) is 51.2. The molecule has 0 aromatic heterocycles. The fourth-order valence-corrected chi connectivity index (χ4v) is 19.4. The quantitative estimate of drug-likeness (QED) is 0.0436. The summed E-state index contributed by atoms with van der Waals surface area (Å²) in [5.41, 5.74) is 15.0. The third kappa shape index (κ3) is 35.4. The Labute approximate surface area is 829 Å². The van der Waals surface area contributed by atoms with Crippen LogP contribution >= 0.6 is 23.2 Å². The fourth-order valence-electron chi connectivity index (χ4n) is 19.0. The van der Waals surface area contributed by atoms with Crippen LogP contribution in [0.4, 0.5) is 0 Å². The second-order valence-corrected chi connectivity index (χ2v) is 37.6. The number of rotatable bonds is 16. The Hall–Kier alpha value is -11.0. The second kappa shape index (κ2) is 60.1. The van der Waals surface area contributed by atoms with Gasteiger partial charge in [0.05, 0.1) is 71.5 Å². The maximum Gasteiger partial charge on any atom is 0.338 e. The Morgan fingerprint density at radius 3 is 0.819 bits per heavy atom. The van der Waals surface area contributed by atoms with E-state index in [0.29, 0.717) is 156 Å². The molecule has 8 aliphatic rings. The third-order valence-corrected chi connectivity index (χ3v) is 27.1. The number of likely N-dealkylation sites (tertiary alicyclic amines) is 4. The first-order valence-electron chi connectivity index (χ1n) is 50.5.